The first-order valence-corrected chi connectivity index (χ1v) is 6.05. The number of hydrogen-bond acceptors (Lipinski definition) is 4. The van der Waals surface area contributed by atoms with Crippen LogP contribution in [0.3, 0.4) is 0 Å². The lowest BCUT2D eigenvalue weighted by Crippen LogP contribution is -2.27. The summed E-state index contributed by atoms with van der Waals surface area (Å²) in [6.07, 6.45) is -0.592. The van der Waals surface area contributed by atoms with Gasteiger partial charge in [-0.25, -0.2) is 4.79 Å². The summed E-state index contributed by atoms with van der Waals surface area (Å²) < 4.78 is 19.4. The van der Waals surface area contributed by atoms with Crippen molar-refractivity contribution in [3.8, 4) is 0 Å². The van der Waals surface area contributed by atoms with Gasteiger partial charge < -0.3 is 10.1 Å². The van der Waals surface area contributed by atoms with Crippen LogP contribution in [0.4, 0.5) is 4.79 Å². The largest absolute Gasteiger partial charge is 0.694 e. The van der Waals surface area contributed by atoms with E-state index in [2.05, 4.69) is 9.84 Å². The Bertz CT molecular complexity index is 370. The average Bonchev–Trinajstić information content (AvgIpc) is 2.33. The van der Waals surface area contributed by atoms with Crippen LogP contribution in [-0.2, 0) is 20.4 Å². The van der Waals surface area contributed by atoms with Crippen molar-refractivity contribution in [3.05, 3.63) is 35.9 Å². The molecule has 0 spiro atoms. The number of amides is 1. The molecule has 0 fully saturated rings. The van der Waals surface area contributed by atoms with Crippen molar-refractivity contribution in [2.45, 2.75) is 6.61 Å². The molecule has 92 valence electrons. The molecule has 2 N–H and O–H groups in total. The summed E-state index contributed by atoms with van der Waals surface area (Å²) in [6.45, 7) is 0.267. The number of rotatable bonds is 6. The van der Waals surface area contributed by atoms with Crippen LogP contribution in [0.25, 0.3) is 0 Å². The zero-order valence-electron chi connectivity index (χ0n) is 9.04. The Morgan fingerprint density at radius 1 is 1.35 bits per heavy atom. The van der Waals surface area contributed by atoms with E-state index in [0.29, 0.717) is 0 Å². The predicted molar refractivity (Wildman–Crippen MR) is 60.4 cm³/mol. The van der Waals surface area contributed by atoms with Crippen molar-refractivity contribution in [1.82, 2.24) is 5.32 Å². The smallest absolute Gasteiger partial charge is 0.445 e. The molecule has 1 atom stereocenters. The number of nitrogens with one attached hydrogen (secondary N) is 1. The first-order valence-electron chi connectivity index (χ1n) is 4.92. The van der Waals surface area contributed by atoms with E-state index in [1.807, 2.05) is 30.3 Å². The van der Waals surface area contributed by atoms with Gasteiger partial charge in [0.25, 0.3) is 0 Å². The van der Waals surface area contributed by atoms with Gasteiger partial charge in [-0.15, -0.1) is 9.42 Å². The Balaban J connectivity index is 2.11. The first kappa shape index (κ1) is 13.6. The van der Waals surface area contributed by atoms with Crippen molar-refractivity contribution < 1.29 is 23.5 Å². The van der Waals surface area contributed by atoms with Crippen LogP contribution in [-0.4, -0.2) is 24.1 Å². The van der Waals surface area contributed by atoms with E-state index in [-0.39, 0.29) is 19.8 Å². The van der Waals surface area contributed by atoms with Crippen LogP contribution in [0.1, 0.15) is 5.56 Å². The number of carbonyl (C=O) groups excluding carboxylic acids is 1. The lowest BCUT2D eigenvalue weighted by Gasteiger charge is -2.05. The van der Waals surface area contributed by atoms with Gasteiger partial charge in [0.2, 0.25) is 0 Å². The molecule has 7 heteroatoms. The van der Waals surface area contributed by atoms with E-state index >= 15 is 0 Å². The molecule has 0 aromatic heterocycles. The van der Waals surface area contributed by atoms with E-state index in [1.165, 1.54) is 0 Å². The molecule has 0 aliphatic heterocycles. The molecule has 0 saturated carbocycles. The zero-order valence-corrected chi connectivity index (χ0v) is 9.93. The number of carbonyl (C=O) groups is 1. The molecule has 1 aromatic rings. The Morgan fingerprint density at radius 2 is 2.06 bits per heavy atom. The second-order valence-corrected chi connectivity index (χ2v) is 3.79. The van der Waals surface area contributed by atoms with Gasteiger partial charge in [0.15, 0.2) is 0 Å². The fourth-order valence-corrected chi connectivity index (χ4v) is 1.30. The molecule has 0 radical (unpaired) electrons. The van der Waals surface area contributed by atoms with Crippen molar-refractivity contribution in [3.63, 3.8) is 0 Å². The van der Waals surface area contributed by atoms with Crippen LogP contribution in [0.15, 0.2) is 30.3 Å². The molecule has 1 aromatic carbocycles. The lowest BCUT2D eigenvalue weighted by atomic mass is 10.2. The fraction of sp³-hybridized carbons (Fsp3) is 0.300. The van der Waals surface area contributed by atoms with Crippen molar-refractivity contribution in [2.75, 3.05) is 13.2 Å². The normalized spacial score (nSPS) is 10.8. The van der Waals surface area contributed by atoms with Crippen LogP contribution in [0.2, 0.25) is 0 Å². The summed E-state index contributed by atoms with van der Waals surface area (Å²) in [4.78, 5) is 19.4. The van der Waals surface area contributed by atoms with Gasteiger partial charge in [-0.1, -0.05) is 30.3 Å². The van der Waals surface area contributed by atoms with Gasteiger partial charge >= 0.3 is 14.3 Å². The Hall–Kier alpha value is -1.49. The standard InChI is InChI=1S/C10H12NO5P/c12-10(11-6-7-16-17(13)14)15-8-9-4-2-1-3-5-9/h1-5H,6-8H2,(H-,11,12,13,14)/p+1. The Labute approximate surface area is 99.5 Å². The van der Waals surface area contributed by atoms with E-state index in [0.717, 1.165) is 5.56 Å². The monoisotopic (exact) mass is 258 g/mol. The molecule has 0 bridgehead atoms. The van der Waals surface area contributed by atoms with Crippen molar-refractivity contribution in [1.29, 1.82) is 0 Å². The molecular formula is C10H13NO5P+. The lowest BCUT2D eigenvalue weighted by molar-refractivity contribution is 0.137. The summed E-state index contributed by atoms with van der Waals surface area (Å²) in [6, 6.07) is 9.25. The Morgan fingerprint density at radius 3 is 2.71 bits per heavy atom. The minimum Gasteiger partial charge on any atom is -0.445 e. The zero-order chi connectivity index (χ0) is 12.5. The SMILES string of the molecule is O=C(NCCO[P+](=O)O)OCc1ccccc1. The van der Waals surface area contributed by atoms with Crippen LogP contribution in [0, 0.1) is 0 Å². The highest BCUT2D eigenvalue weighted by Crippen LogP contribution is 2.12. The summed E-state index contributed by atoms with van der Waals surface area (Å²) >= 11 is 0. The molecule has 1 rings (SSSR count). The fourth-order valence-electron chi connectivity index (χ4n) is 1.05. The summed E-state index contributed by atoms with van der Waals surface area (Å²) in [5, 5.41) is 2.38. The minimum absolute atomic E-state index is 0.0356. The number of benzene rings is 1. The second kappa shape index (κ2) is 7.73. The van der Waals surface area contributed by atoms with Gasteiger partial charge in [0, 0.05) is 11.1 Å². The van der Waals surface area contributed by atoms with Gasteiger partial charge in [0.1, 0.15) is 13.2 Å². The van der Waals surface area contributed by atoms with Gasteiger partial charge in [0.05, 0.1) is 0 Å². The number of ether oxygens (including phenoxy) is 1. The quantitative estimate of drug-likeness (QED) is 0.597. The highest BCUT2D eigenvalue weighted by molar-refractivity contribution is 7.32. The van der Waals surface area contributed by atoms with Crippen LogP contribution in [0.5, 0.6) is 0 Å². The summed E-state index contributed by atoms with van der Waals surface area (Å²) in [5.41, 5.74) is 0.886. The maximum atomic E-state index is 11.1. The maximum absolute atomic E-state index is 11.1. The van der Waals surface area contributed by atoms with Gasteiger partial charge in [-0.3, -0.25) is 0 Å². The third-order valence-electron chi connectivity index (χ3n) is 1.79. The highest BCUT2D eigenvalue weighted by Gasteiger charge is 2.11. The topological polar surface area (TPSA) is 84.9 Å². The molecule has 0 saturated heterocycles. The predicted octanol–water partition coefficient (Wildman–Crippen LogP) is 1.58. The maximum Gasteiger partial charge on any atom is 0.694 e. The Kier molecular flexibility index (Phi) is 6.17. The van der Waals surface area contributed by atoms with Crippen molar-refractivity contribution >= 4 is 14.3 Å². The first-order chi connectivity index (χ1) is 8.18. The number of alkyl carbamates (subject to hydrolysis) is 1. The minimum atomic E-state index is -2.62. The third-order valence-corrected chi connectivity index (χ3v) is 2.19. The van der Waals surface area contributed by atoms with E-state index in [4.69, 9.17) is 9.63 Å². The van der Waals surface area contributed by atoms with E-state index in [1.54, 1.807) is 0 Å². The number of hydrogen-bond donors (Lipinski definition) is 2. The third kappa shape index (κ3) is 6.63. The summed E-state index contributed by atoms with van der Waals surface area (Å²) in [7, 11) is -2.62. The molecule has 0 aliphatic carbocycles. The molecule has 0 aliphatic rings. The second-order valence-electron chi connectivity index (χ2n) is 3.06. The van der Waals surface area contributed by atoms with Crippen molar-refractivity contribution in [2.24, 2.45) is 0 Å². The van der Waals surface area contributed by atoms with Crippen LogP contribution >= 0.6 is 8.25 Å². The molecule has 1 amide bonds. The van der Waals surface area contributed by atoms with Gasteiger partial charge in [-0.05, 0) is 5.56 Å². The summed E-state index contributed by atoms with van der Waals surface area (Å²) in [5.74, 6) is 0. The molecular weight excluding hydrogens is 245 g/mol. The average molecular weight is 258 g/mol. The highest BCUT2D eigenvalue weighted by atomic mass is 31.1. The van der Waals surface area contributed by atoms with E-state index in [9.17, 15) is 9.36 Å². The van der Waals surface area contributed by atoms with Crippen LogP contribution < -0.4 is 5.32 Å². The molecule has 17 heavy (non-hydrogen) atoms. The molecule has 0 heterocycles. The molecule has 6 nitrogen and oxygen atoms in total. The van der Waals surface area contributed by atoms with Gasteiger partial charge in [-0.2, -0.15) is 0 Å². The van der Waals surface area contributed by atoms with E-state index < -0.39 is 14.3 Å². The molecule has 1 unspecified atom stereocenters.